The van der Waals surface area contributed by atoms with Crippen molar-refractivity contribution in [3.63, 3.8) is 0 Å². The summed E-state index contributed by atoms with van der Waals surface area (Å²) in [4.78, 5) is 4.75. The molecule has 3 heteroatoms. The molecule has 0 aliphatic rings. The number of hydrogen-bond acceptors (Lipinski definition) is 2. The standard InChI is InChI=1S/C18H21N3/c1-13-5-3-4-6-15(13)8-10-18-20-16-9-7-14(12-19)11-17(16)21(18)2/h3-7,9,11H,8,10,12,19H2,1-2H3. The summed E-state index contributed by atoms with van der Waals surface area (Å²) >= 11 is 0. The number of nitrogens with zero attached hydrogens (tertiary/aromatic N) is 2. The molecular formula is C18H21N3. The molecule has 3 rings (SSSR count). The van der Waals surface area contributed by atoms with Gasteiger partial charge in [-0.25, -0.2) is 4.98 Å². The van der Waals surface area contributed by atoms with Crippen molar-refractivity contribution in [3.8, 4) is 0 Å². The topological polar surface area (TPSA) is 43.8 Å². The average molecular weight is 279 g/mol. The van der Waals surface area contributed by atoms with Crippen molar-refractivity contribution >= 4 is 11.0 Å². The summed E-state index contributed by atoms with van der Waals surface area (Å²) in [6.07, 6.45) is 1.97. The molecule has 0 aliphatic carbocycles. The Bertz CT molecular complexity index is 771. The molecule has 3 aromatic rings. The highest BCUT2D eigenvalue weighted by atomic mass is 15.1. The molecule has 1 heterocycles. The van der Waals surface area contributed by atoms with Crippen LogP contribution in [0.3, 0.4) is 0 Å². The third-order valence-electron chi connectivity index (χ3n) is 4.15. The number of benzene rings is 2. The van der Waals surface area contributed by atoms with Crippen LogP contribution in [0.4, 0.5) is 0 Å². The average Bonchev–Trinajstić information content (AvgIpc) is 2.82. The van der Waals surface area contributed by atoms with Crippen LogP contribution in [-0.4, -0.2) is 9.55 Å². The van der Waals surface area contributed by atoms with E-state index in [4.69, 9.17) is 10.7 Å². The Morgan fingerprint density at radius 3 is 2.67 bits per heavy atom. The molecule has 0 unspecified atom stereocenters. The van der Waals surface area contributed by atoms with Crippen molar-refractivity contribution in [1.82, 2.24) is 9.55 Å². The Morgan fingerprint density at radius 2 is 1.90 bits per heavy atom. The number of imidazole rings is 1. The fourth-order valence-electron chi connectivity index (χ4n) is 2.77. The van der Waals surface area contributed by atoms with Gasteiger partial charge in [-0.05, 0) is 42.2 Å². The maximum absolute atomic E-state index is 5.72. The number of aromatic nitrogens is 2. The minimum absolute atomic E-state index is 0.569. The number of nitrogens with two attached hydrogens (primary N) is 1. The molecule has 1 aromatic heterocycles. The van der Waals surface area contributed by atoms with E-state index in [2.05, 4.69) is 61.0 Å². The second-order valence-electron chi connectivity index (χ2n) is 5.54. The van der Waals surface area contributed by atoms with Gasteiger partial charge in [-0.1, -0.05) is 30.3 Å². The summed E-state index contributed by atoms with van der Waals surface area (Å²) in [7, 11) is 2.09. The van der Waals surface area contributed by atoms with E-state index in [0.29, 0.717) is 6.54 Å². The second-order valence-corrected chi connectivity index (χ2v) is 5.54. The fraction of sp³-hybridized carbons (Fsp3) is 0.278. The lowest BCUT2D eigenvalue weighted by Crippen LogP contribution is -2.01. The van der Waals surface area contributed by atoms with Gasteiger partial charge in [-0.3, -0.25) is 0 Å². The maximum Gasteiger partial charge on any atom is 0.109 e. The minimum atomic E-state index is 0.569. The van der Waals surface area contributed by atoms with E-state index in [9.17, 15) is 0 Å². The molecule has 2 N–H and O–H groups in total. The molecule has 0 bridgehead atoms. The van der Waals surface area contributed by atoms with E-state index < -0.39 is 0 Å². The summed E-state index contributed by atoms with van der Waals surface area (Å²) in [6.45, 7) is 2.73. The number of rotatable bonds is 4. The summed E-state index contributed by atoms with van der Waals surface area (Å²) in [6, 6.07) is 14.8. The normalized spacial score (nSPS) is 11.2. The molecule has 0 amide bonds. The first kappa shape index (κ1) is 13.8. The zero-order chi connectivity index (χ0) is 14.8. The summed E-state index contributed by atoms with van der Waals surface area (Å²) in [5.74, 6) is 1.13. The van der Waals surface area contributed by atoms with E-state index in [1.807, 2.05) is 0 Å². The maximum atomic E-state index is 5.72. The van der Waals surface area contributed by atoms with Gasteiger partial charge in [0.1, 0.15) is 5.82 Å². The molecular weight excluding hydrogens is 258 g/mol. The molecule has 21 heavy (non-hydrogen) atoms. The Morgan fingerprint density at radius 1 is 1.10 bits per heavy atom. The van der Waals surface area contributed by atoms with Crippen LogP contribution in [0.2, 0.25) is 0 Å². The third kappa shape index (κ3) is 2.69. The minimum Gasteiger partial charge on any atom is -0.331 e. The van der Waals surface area contributed by atoms with Gasteiger partial charge < -0.3 is 10.3 Å². The molecule has 3 nitrogen and oxygen atoms in total. The lowest BCUT2D eigenvalue weighted by Gasteiger charge is -2.06. The second kappa shape index (κ2) is 5.70. The quantitative estimate of drug-likeness (QED) is 0.797. The van der Waals surface area contributed by atoms with Crippen LogP contribution < -0.4 is 5.73 Å². The van der Waals surface area contributed by atoms with Crippen molar-refractivity contribution in [1.29, 1.82) is 0 Å². The molecule has 2 aromatic carbocycles. The van der Waals surface area contributed by atoms with Crippen LogP contribution in [0.5, 0.6) is 0 Å². The number of aryl methyl sites for hydroxylation is 4. The van der Waals surface area contributed by atoms with E-state index in [1.54, 1.807) is 0 Å². The van der Waals surface area contributed by atoms with Crippen molar-refractivity contribution < 1.29 is 0 Å². The van der Waals surface area contributed by atoms with Gasteiger partial charge in [0.25, 0.3) is 0 Å². The predicted molar refractivity (Wildman–Crippen MR) is 87.2 cm³/mol. The largest absolute Gasteiger partial charge is 0.331 e. The summed E-state index contributed by atoms with van der Waals surface area (Å²) in [5.41, 5.74) is 11.8. The molecule has 108 valence electrons. The van der Waals surface area contributed by atoms with Gasteiger partial charge in [0.05, 0.1) is 11.0 Å². The Hall–Kier alpha value is -2.13. The number of hydrogen-bond donors (Lipinski definition) is 1. The Labute approximate surface area is 125 Å². The molecule has 0 atom stereocenters. The van der Waals surface area contributed by atoms with E-state index >= 15 is 0 Å². The van der Waals surface area contributed by atoms with E-state index in [-0.39, 0.29) is 0 Å². The van der Waals surface area contributed by atoms with Crippen LogP contribution in [0.1, 0.15) is 22.5 Å². The van der Waals surface area contributed by atoms with Crippen LogP contribution in [0.25, 0.3) is 11.0 Å². The molecule has 0 aliphatic heterocycles. The Balaban J connectivity index is 1.87. The van der Waals surface area contributed by atoms with Gasteiger partial charge in [0, 0.05) is 20.0 Å². The van der Waals surface area contributed by atoms with Crippen molar-refractivity contribution in [2.75, 3.05) is 0 Å². The molecule has 0 radical (unpaired) electrons. The lowest BCUT2D eigenvalue weighted by molar-refractivity contribution is 0.784. The molecule has 0 spiro atoms. The van der Waals surface area contributed by atoms with Gasteiger partial charge >= 0.3 is 0 Å². The van der Waals surface area contributed by atoms with E-state index in [0.717, 1.165) is 35.3 Å². The smallest absolute Gasteiger partial charge is 0.109 e. The van der Waals surface area contributed by atoms with Crippen LogP contribution in [-0.2, 0) is 26.4 Å². The highest BCUT2D eigenvalue weighted by Crippen LogP contribution is 2.18. The zero-order valence-electron chi connectivity index (χ0n) is 12.6. The van der Waals surface area contributed by atoms with Crippen LogP contribution in [0, 0.1) is 6.92 Å². The fourth-order valence-corrected chi connectivity index (χ4v) is 2.77. The van der Waals surface area contributed by atoms with Gasteiger partial charge in [0.15, 0.2) is 0 Å². The first-order valence-corrected chi connectivity index (χ1v) is 7.38. The van der Waals surface area contributed by atoms with Gasteiger partial charge in [-0.2, -0.15) is 0 Å². The highest BCUT2D eigenvalue weighted by molar-refractivity contribution is 5.76. The van der Waals surface area contributed by atoms with E-state index in [1.165, 1.54) is 11.1 Å². The first-order valence-electron chi connectivity index (χ1n) is 7.38. The van der Waals surface area contributed by atoms with Crippen molar-refractivity contribution in [3.05, 3.63) is 65.0 Å². The highest BCUT2D eigenvalue weighted by Gasteiger charge is 2.09. The van der Waals surface area contributed by atoms with Crippen molar-refractivity contribution in [2.45, 2.75) is 26.3 Å². The van der Waals surface area contributed by atoms with Gasteiger partial charge in [0.2, 0.25) is 0 Å². The summed E-state index contributed by atoms with van der Waals surface area (Å²) < 4.78 is 2.19. The molecule has 0 saturated carbocycles. The zero-order valence-corrected chi connectivity index (χ0v) is 12.6. The van der Waals surface area contributed by atoms with Gasteiger partial charge in [-0.15, -0.1) is 0 Å². The summed E-state index contributed by atoms with van der Waals surface area (Å²) in [5, 5.41) is 0. The lowest BCUT2D eigenvalue weighted by atomic mass is 10.0. The Kier molecular flexibility index (Phi) is 3.76. The first-order chi connectivity index (χ1) is 10.2. The number of fused-ring (bicyclic) bond motifs is 1. The van der Waals surface area contributed by atoms with Crippen LogP contribution in [0.15, 0.2) is 42.5 Å². The monoisotopic (exact) mass is 279 g/mol. The molecule has 0 saturated heterocycles. The molecule has 0 fully saturated rings. The van der Waals surface area contributed by atoms with Crippen molar-refractivity contribution in [2.24, 2.45) is 12.8 Å². The van der Waals surface area contributed by atoms with Crippen LogP contribution >= 0.6 is 0 Å². The SMILES string of the molecule is Cc1ccccc1CCc1nc2ccc(CN)cc2n1C. The predicted octanol–water partition coefficient (Wildman–Crippen LogP) is 3.13. The third-order valence-corrected chi connectivity index (χ3v) is 4.15.